The van der Waals surface area contributed by atoms with E-state index in [2.05, 4.69) is 15.9 Å². The quantitative estimate of drug-likeness (QED) is 0.768. The maximum Gasteiger partial charge on any atom is 0.243 e. The van der Waals surface area contributed by atoms with Gasteiger partial charge in [-0.3, -0.25) is 0 Å². The van der Waals surface area contributed by atoms with Crippen molar-refractivity contribution in [3.05, 3.63) is 28.7 Å². The lowest BCUT2D eigenvalue weighted by molar-refractivity contribution is 0.0941. The van der Waals surface area contributed by atoms with Crippen LogP contribution in [-0.4, -0.2) is 38.5 Å². The molecular weight excluding hydrogens is 356 g/mol. The molecule has 1 aliphatic heterocycles. The van der Waals surface area contributed by atoms with Crippen LogP contribution in [0.1, 0.15) is 19.3 Å². The predicted molar refractivity (Wildman–Crippen MR) is 82.1 cm³/mol. The van der Waals surface area contributed by atoms with E-state index in [-0.39, 0.29) is 24.0 Å². The Bertz CT molecular complexity index is 621. The average Bonchev–Trinajstić information content (AvgIpc) is 2.96. The highest BCUT2D eigenvalue weighted by molar-refractivity contribution is 9.10. The van der Waals surface area contributed by atoms with Gasteiger partial charge in [-0.15, -0.1) is 0 Å². The number of sulfonamides is 1. The molecule has 5 nitrogen and oxygen atoms in total. The zero-order valence-corrected chi connectivity index (χ0v) is 13.9. The van der Waals surface area contributed by atoms with Gasteiger partial charge in [-0.25, -0.2) is 8.42 Å². The van der Waals surface area contributed by atoms with Gasteiger partial charge < -0.3 is 4.74 Å². The Kier molecular flexibility index (Phi) is 5.76. The molecule has 1 atom stereocenters. The number of hydrogen-bond donors (Lipinski definition) is 0. The summed E-state index contributed by atoms with van der Waals surface area (Å²) in [4.78, 5) is 0.229. The van der Waals surface area contributed by atoms with Crippen LogP contribution >= 0.6 is 15.9 Å². The fraction of sp³-hybridized carbons (Fsp3) is 0.500. The summed E-state index contributed by atoms with van der Waals surface area (Å²) >= 11 is 3.28. The largest absolute Gasteiger partial charge is 0.377 e. The topological polar surface area (TPSA) is 70.4 Å². The number of nitriles is 1. The molecule has 0 radical (unpaired) electrons. The minimum atomic E-state index is -3.61. The second-order valence-electron chi connectivity index (χ2n) is 4.86. The molecule has 21 heavy (non-hydrogen) atoms. The molecule has 1 heterocycles. The first-order chi connectivity index (χ1) is 10.0. The van der Waals surface area contributed by atoms with Gasteiger partial charge in [0.25, 0.3) is 0 Å². The maximum absolute atomic E-state index is 12.7. The fourth-order valence-electron chi connectivity index (χ4n) is 2.28. The van der Waals surface area contributed by atoms with Crippen molar-refractivity contribution < 1.29 is 13.2 Å². The normalized spacial score (nSPS) is 18.8. The molecule has 0 amide bonds. The molecule has 0 saturated carbocycles. The Morgan fingerprint density at radius 1 is 1.48 bits per heavy atom. The zero-order valence-electron chi connectivity index (χ0n) is 11.5. The van der Waals surface area contributed by atoms with Crippen LogP contribution < -0.4 is 0 Å². The first kappa shape index (κ1) is 16.4. The van der Waals surface area contributed by atoms with Crippen LogP contribution in [0.2, 0.25) is 0 Å². The molecule has 0 aliphatic carbocycles. The minimum Gasteiger partial charge on any atom is -0.377 e. The van der Waals surface area contributed by atoms with Gasteiger partial charge in [0.2, 0.25) is 10.0 Å². The summed E-state index contributed by atoms with van der Waals surface area (Å²) in [7, 11) is -3.61. The van der Waals surface area contributed by atoms with E-state index in [0.29, 0.717) is 17.6 Å². The first-order valence-corrected chi connectivity index (χ1v) is 9.01. The zero-order chi connectivity index (χ0) is 15.3. The lowest BCUT2D eigenvalue weighted by Gasteiger charge is -2.24. The van der Waals surface area contributed by atoms with Crippen LogP contribution in [0, 0.1) is 11.3 Å². The van der Waals surface area contributed by atoms with E-state index in [1.807, 2.05) is 6.07 Å². The van der Waals surface area contributed by atoms with E-state index in [1.165, 1.54) is 4.31 Å². The van der Waals surface area contributed by atoms with Crippen LogP contribution in [0.25, 0.3) is 0 Å². The van der Waals surface area contributed by atoms with Gasteiger partial charge in [-0.2, -0.15) is 9.57 Å². The number of benzene rings is 1. The number of hydrogen-bond acceptors (Lipinski definition) is 4. The maximum atomic E-state index is 12.7. The summed E-state index contributed by atoms with van der Waals surface area (Å²) in [5, 5.41) is 8.75. The molecule has 0 spiro atoms. The Balaban J connectivity index is 2.23. The lowest BCUT2D eigenvalue weighted by Crippen LogP contribution is -2.38. The van der Waals surface area contributed by atoms with Crippen molar-refractivity contribution in [3.8, 4) is 6.07 Å². The van der Waals surface area contributed by atoms with Crippen molar-refractivity contribution in [3.63, 3.8) is 0 Å². The van der Waals surface area contributed by atoms with Crippen molar-refractivity contribution in [1.29, 1.82) is 5.26 Å². The summed E-state index contributed by atoms with van der Waals surface area (Å²) in [5.74, 6) is 0. The monoisotopic (exact) mass is 372 g/mol. The molecule has 0 bridgehead atoms. The molecule has 1 fully saturated rings. The molecule has 114 valence electrons. The van der Waals surface area contributed by atoms with Crippen LogP contribution in [0.4, 0.5) is 0 Å². The van der Waals surface area contributed by atoms with Gasteiger partial charge in [0, 0.05) is 30.6 Å². The standard InChI is InChI=1S/C14H17BrN2O3S/c15-12-4-1-6-14(10-12)21(18,19)17(8-3-7-16)11-13-5-2-9-20-13/h1,4,6,10,13H,2-3,5,8-9,11H2. The predicted octanol–water partition coefficient (Wildman–Crippen LogP) is 2.53. The van der Waals surface area contributed by atoms with Gasteiger partial charge in [-0.05, 0) is 31.0 Å². The SMILES string of the molecule is N#CCCN(CC1CCCO1)S(=O)(=O)c1cccc(Br)c1. The van der Waals surface area contributed by atoms with Crippen molar-refractivity contribution >= 4 is 26.0 Å². The van der Waals surface area contributed by atoms with Gasteiger partial charge in [0.05, 0.1) is 17.1 Å². The summed E-state index contributed by atoms with van der Waals surface area (Å²) in [6.45, 7) is 1.16. The summed E-state index contributed by atoms with van der Waals surface area (Å²) < 4.78 is 33.0. The van der Waals surface area contributed by atoms with Crippen molar-refractivity contribution in [2.75, 3.05) is 19.7 Å². The molecule has 7 heteroatoms. The van der Waals surface area contributed by atoms with Crippen LogP contribution in [-0.2, 0) is 14.8 Å². The highest BCUT2D eigenvalue weighted by Gasteiger charge is 2.28. The highest BCUT2D eigenvalue weighted by atomic mass is 79.9. The molecule has 2 rings (SSSR count). The Morgan fingerprint density at radius 3 is 2.90 bits per heavy atom. The van der Waals surface area contributed by atoms with E-state index in [1.54, 1.807) is 24.3 Å². The molecular formula is C14H17BrN2O3S. The smallest absolute Gasteiger partial charge is 0.243 e. The first-order valence-electron chi connectivity index (χ1n) is 6.78. The van der Waals surface area contributed by atoms with Crippen molar-refractivity contribution in [2.24, 2.45) is 0 Å². The number of rotatable bonds is 6. The number of ether oxygens (including phenoxy) is 1. The van der Waals surface area contributed by atoms with Crippen LogP contribution in [0.3, 0.4) is 0 Å². The number of nitrogens with zero attached hydrogens (tertiary/aromatic N) is 2. The van der Waals surface area contributed by atoms with E-state index >= 15 is 0 Å². The Morgan fingerprint density at radius 2 is 2.29 bits per heavy atom. The molecule has 0 aromatic heterocycles. The third-order valence-corrected chi connectivity index (χ3v) is 5.69. The average molecular weight is 373 g/mol. The van der Waals surface area contributed by atoms with Gasteiger partial charge in [0.1, 0.15) is 0 Å². The third kappa shape index (κ3) is 4.27. The molecule has 1 aliphatic rings. The summed E-state index contributed by atoms with van der Waals surface area (Å²) in [6.07, 6.45) is 1.90. The summed E-state index contributed by atoms with van der Waals surface area (Å²) in [6, 6.07) is 8.60. The molecule has 0 N–H and O–H groups in total. The second kappa shape index (κ2) is 7.36. The van der Waals surface area contributed by atoms with E-state index in [0.717, 1.165) is 12.8 Å². The number of halogens is 1. The molecule has 1 aromatic carbocycles. The van der Waals surface area contributed by atoms with Crippen molar-refractivity contribution in [2.45, 2.75) is 30.3 Å². The van der Waals surface area contributed by atoms with Gasteiger partial charge in [-0.1, -0.05) is 22.0 Å². The fourth-order valence-corrected chi connectivity index (χ4v) is 4.35. The van der Waals surface area contributed by atoms with Gasteiger partial charge in [0.15, 0.2) is 0 Å². The highest BCUT2D eigenvalue weighted by Crippen LogP contribution is 2.22. The van der Waals surface area contributed by atoms with E-state index in [9.17, 15) is 8.42 Å². The Labute approximate surface area is 133 Å². The van der Waals surface area contributed by atoms with Crippen LogP contribution in [0.15, 0.2) is 33.6 Å². The van der Waals surface area contributed by atoms with E-state index < -0.39 is 10.0 Å². The molecule has 1 unspecified atom stereocenters. The summed E-state index contributed by atoms with van der Waals surface area (Å²) in [5.41, 5.74) is 0. The van der Waals surface area contributed by atoms with Gasteiger partial charge >= 0.3 is 0 Å². The molecule has 1 aromatic rings. The Hall–Kier alpha value is -0.940. The lowest BCUT2D eigenvalue weighted by atomic mass is 10.2. The van der Waals surface area contributed by atoms with Crippen LogP contribution in [0.5, 0.6) is 0 Å². The van der Waals surface area contributed by atoms with E-state index in [4.69, 9.17) is 10.00 Å². The third-order valence-electron chi connectivity index (χ3n) is 3.34. The van der Waals surface area contributed by atoms with Crippen molar-refractivity contribution in [1.82, 2.24) is 4.31 Å². The molecule has 1 saturated heterocycles. The second-order valence-corrected chi connectivity index (χ2v) is 7.72. The minimum absolute atomic E-state index is 0.0781.